The summed E-state index contributed by atoms with van der Waals surface area (Å²) in [5.74, 6) is 0. The molecule has 3 nitrogen and oxygen atoms in total. The van der Waals surface area contributed by atoms with Gasteiger partial charge in [0, 0.05) is 49.9 Å². The fourth-order valence-corrected chi connectivity index (χ4v) is 9.32. The van der Waals surface area contributed by atoms with E-state index in [1.165, 1.54) is 44.1 Å². The van der Waals surface area contributed by atoms with Gasteiger partial charge in [-0.2, -0.15) is 0 Å². The average Bonchev–Trinajstić information content (AvgIpc) is 3.91. The highest BCUT2D eigenvalue weighted by atomic mass is 16.3. The minimum atomic E-state index is 0.890. The number of rotatable bonds is 8. The van der Waals surface area contributed by atoms with Gasteiger partial charge in [-0.15, -0.1) is 0 Å². The molecule has 0 bridgehead atoms. The Morgan fingerprint density at radius 2 is 0.778 bits per heavy atom. The number of hydrogen-bond acceptors (Lipinski definition) is 2. The normalized spacial score (nSPS) is 11.5. The van der Waals surface area contributed by atoms with Gasteiger partial charge in [-0.1, -0.05) is 170 Å². The highest BCUT2D eigenvalue weighted by Gasteiger charge is 2.17. The summed E-state index contributed by atoms with van der Waals surface area (Å²) in [5.41, 5.74) is 17.9. The summed E-state index contributed by atoms with van der Waals surface area (Å²) in [6.45, 7) is 0. The second-order valence-corrected chi connectivity index (χ2v) is 16.1. The molecule has 0 unspecified atom stereocenters. The third-order valence-corrected chi connectivity index (χ3v) is 12.4. The van der Waals surface area contributed by atoms with Crippen LogP contribution in [0.1, 0.15) is 0 Å². The highest BCUT2D eigenvalue weighted by molar-refractivity contribution is 6.11. The van der Waals surface area contributed by atoms with Crippen molar-refractivity contribution in [3.05, 3.63) is 243 Å². The van der Waals surface area contributed by atoms with Gasteiger partial charge in [0.05, 0.1) is 11.0 Å². The van der Waals surface area contributed by atoms with E-state index >= 15 is 0 Å². The van der Waals surface area contributed by atoms with Gasteiger partial charge in [-0.05, 0) is 112 Å². The quantitative estimate of drug-likeness (QED) is 0.153. The van der Waals surface area contributed by atoms with Crippen molar-refractivity contribution in [1.29, 1.82) is 0 Å². The van der Waals surface area contributed by atoms with Crippen molar-refractivity contribution in [2.24, 2.45) is 0 Å². The van der Waals surface area contributed by atoms with Crippen LogP contribution in [-0.2, 0) is 0 Å². The lowest BCUT2D eigenvalue weighted by molar-refractivity contribution is 0.670. The molecule has 0 fully saturated rings. The fraction of sp³-hybridized carbons (Fsp3) is 0. The maximum Gasteiger partial charge on any atom is 0.143 e. The van der Waals surface area contributed by atoms with Crippen LogP contribution in [-0.4, -0.2) is 4.57 Å². The Balaban J connectivity index is 0.914. The summed E-state index contributed by atoms with van der Waals surface area (Å²) in [6, 6.07) is 87.0. The molecule has 2 aromatic heterocycles. The molecule has 0 aliphatic heterocycles. The lowest BCUT2D eigenvalue weighted by Gasteiger charge is -2.26. The Kier molecular flexibility index (Phi) is 8.83. The van der Waals surface area contributed by atoms with Crippen LogP contribution in [0.2, 0.25) is 0 Å². The first-order valence-electron chi connectivity index (χ1n) is 21.5. The smallest absolute Gasteiger partial charge is 0.143 e. The molecule has 0 radical (unpaired) electrons. The minimum absolute atomic E-state index is 0.890. The summed E-state index contributed by atoms with van der Waals surface area (Å²) < 4.78 is 8.88. The molecule has 0 aliphatic carbocycles. The maximum atomic E-state index is 6.50. The van der Waals surface area contributed by atoms with Crippen LogP contribution in [0.4, 0.5) is 17.1 Å². The van der Waals surface area contributed by atoms with Gasteiger partial charge in [0.1, 0.15) is 11.2 Å². The average molecular weight is 805 g/mol. The number of hydrogen-bond donors (Lipinski definition) is 0. The third kappa shape index (κ3) is 6.46. The van der Waals surface area contributed by atoms with Crippen LogP contribution in [0.15, 0.2) is 247 Å². The number of nitrogens with zero attached hydrogens (tertiary/aromatic N) is 2. The van der Waals surface area contributed by atoms with E-state index in [0.717, 1.165) is 66.9 Å². The zero-order valence-corrected chi connectivity index (χ0v) is 34.4. The van der Waals surface area contributed by atoms with Crippen molar-refractivity contribution in [2.75, 3.05) is 4.90 Å². The van der Waals surface area contributed by atoms with Crippen LogP contribution in [0.5, 0.6) is 0 Å². The van der Waals surface area contributed by atoms with Crippen LogP contribution in [0, 0.1) is 0 Å². The SMILES string of the molecule is c1ccc(-c2ccc(N(c3ccc(-c4ccc5oc6c(-c7ccccc7)cccc6c5c4)cc3)c3ccc(-c4ccc5c6ccccc6n(-c6ccccc6)c5c4)cc3)cc2)cc1. The monoisotopic (exact) mass is 804 g/mol. The van der Waals surface area contributed by atoms with Gasteiger partial charge < -0.3 is 13.9 Å². The van der Waals surface area contributed by atoms with E-state index in [1.807, 2.05) is 6.07 Å². The van der Waals surface area contributed by atoms with Gasteiger partial charge in [-0.25, -0.2) is 0 Å². The van der Waals surface area contributed by atoms with E-state index in [2.05, 4.69) is 246 Å². The van der Waals surface area contributed by atoms with E-state index in [9.17, 15) is 0 Å². The molecule has 12 aromatic rings. The molecule has 12 rings (SSSR count). The molecule has 2 heterocycles. The maximum absolute atomic E-state index is 6.50. The van der Waals surface area contributed by atoms with E-state index in [0.29, 0.717) is 0 Å². The highest BCUT2D eigenvalue weighted by Crippen LogP contribution is 2.41. The summed E-state index contributed by atoms with van der Waals surface area (Å²) in [6.07, 6.45) is 0. The fourth-order valence-electron chi connectivity index (χ4n) is 9.32. The molecule has 63 heavy (non-hydrogen) atoms. The molecular weight excluding hydrogens is 765 g/mol. The van der Waals surface area contributed by atoms with Crippen LogP contribution in [0.25, 0.3) is 93.9 Å². The van der Waals surface area contributed by atoms with Crippen LogP contribution in [0.3, 0.4) is 0 Å². The molecular formula is C60H40N2O. The first-order valence-corrected chi connectivity index (χ1v) is 21.5. The Morgan fingerprint density at radius 3 is 1.43 bits per heavy atom. The van der Waals surface area contributed by atoms with E-state index in [1.54, 1.807) is 0 Å². The Morgan fingerprint density at radius 1 is 0.302 bits per heavy atom. The number of furan rings is 1. The minimum Gasteiger partial charge on any atom is -0.455 e. The summed E-state index contributed by atoms with van der Waals surface area (Å²) in [7, 11) is 0. The molecule has 0 saturated heterocycles. The summed E-state index contributed by atoms with van der Waals surface area (Å²) in [4.78, 5) is 2.34. The molecule has 0 aliphatic rings. The van der Waals surface area contributed by atoms with Crippen LogP contribution >= 0.6 is 0 Å². The predicted octanol–water partition coefficient (Wildman–Crippen LogP) is 16.8. The van der Waals surface area contributed by atoms with Crippen molar-refractivity contribution >= 4 is 60.8 Å². The topological polar surface area (TPSA) is 21.3 Å². The number of aromatic nitrogens is 1. The molecule has 0 spiro atoms. The van der Waals surface area contributed by atoms with Gasteiger partial charge >= 0.3 is 0 Å². The number of benzene rings is 10. The van der Waals surface area contributed by atoms with Crippen molar-refractivity contribution in [3.63, 3.8) is 0 Å². The van der Waals surface area contributed by atoms with Gasteiger partial charge in [0.2, 0.25) is 0 Å². The Hall–Kier alpha value is -8.40. The van der Waals surface area contributed by atoms with Crippen molar-refractivity contribution < 1.29 is 4.42 Å². The Bertz CT molecular complexity index is 3570. The summed E-state index contributed by atoms with van der Waals surface area (Å²) in [5, 5.41) is 4.74. The van der Waals surface area contributed by atoms with E-state index in [-0.39, 0.29) is 0 Å². The van der Waals surface area contributed by atoms with Gasteiger partial charge in [0.15, 0.2) is 0 Å². The van der Waals surface area contributed by atoms with Crippen LogP contribution < -0.4 is 4.90 Å². The largest absolute Gasteiger partial charge is 0.455 e. The zero-order chi connectivity index (χ0) is 41.7. The van der Waals surface area contributed by atoms with Gasteiger partial charge in [0.25, 0.3) is 0 Å². The molecule has 0 amide bonds. The summed E-state index contributed by atoms with van der Waals surface area (Å²) >= 11 is 0. The number of fused-ring (bicyclic) bond motifs is 6. The van der Waals surface area contributed by atoms with E-state index < -0.39 is 0 Å². The van der Waals surface area contributed by atoms with Gasteiger partial charge in [-0.3, -0.25) is 0 Å². The first kappa shape index (κ1) is 36.5. The standard InChI is InChI=1S/C60H40N2O/c1-4-13-41(14-5-1)42-23-31-49(32-24-42)61(50-33-25-43(26-34-50)46-30-38-59-56(39-46)55-21-12-20-52(60(55)63-59)45-15-6-2-7-16-45)51-35-27-44(28-36-51)47-29-37-54-53-19-10-11-22-57(53)62(58(54)40-47)48-17-8-3-9-18-48/h1-40H. The first-order chi connectivity index (χ1) is 31.2. The molecule has 0 saturated carbocycles. The molecule has 0 atom stereocenters. The molecule has 0 N–H and O–H groups in total. The van der Waals surface area contributed by atoms with Crippen molar-refractivity contribution in [3.8, 4) is 50.2 Å². The van der Waals surface area contributed by atoms with E-state index in [4.69, 9.17) is 4.42 Å². The number of anilines is 3. The predicted molar refractivity (Wildman–Crippen MR) is 264 cm³/mol. The van der Waals surface area contributed by atoms with Crippen molar-refractivity contribution in [1.82, 2.24) is 4.57 Å². The Labute approximate surface area is 366 Å². The molecule has 10 aromatic carbocycles. The van der Waals surface area contributed by atoms with Crippen molar-refractivity contribution in [2.45, 2.75) is 0 Å². The number of para-hydroxylation sites is 3. The lowest BCUT2D eigenvalue weighted by Crippen LogP contribution is -2.09. The zero-order valence-electron chi connectivity index (χ0n) is 34.4. The second-order valence-electron chi connectivity index (χ2n) is 16.1. The lowest BCUT2D eigenvalue weighted by atomic mass is 10.00. The molecule has 3 heteroatoms. The third-order valence-electron chi connectivity index (χ3n) is 12.4. The molecule has 296 valence electrons. The second kappa shape index (κ2) is 15.3.